The normalized spacial score (nSPS) is 11.0. The van der Waals surface area contributed by atoms with Gasteiger partial charge in [0.15, 0.2) is 0 Å². The van der Waals surface area contributed by atoms with Gasteiger partial charge in [0.25, 0.3) is 0 Å². The number of halogens is 2. The predicted octanol–water partition coefficient (Wildman–Crippen LogP) is 4.76. The van der Waals surface area contributed by atoms with Crippen LogP contribution in [-0.2, 0) is 11.2 Å². The van der Waals surface area contributed by atoms with Gasteiger partial charge in [-0.15, -0.1) is 22.7 Å². The highest BCUT2D eigenvalue weighted by atomic mass is 35.5. The third-order valence-electron chi connectivity index (χ3n) is 2.22. The molecular formula is C11H11Cl2NOS2. The summed E-state index contributed by atoms with van der Waals surface area (Å²) in [5.74, 6) is 0. The maximum absolute atomic E-state index is 6.09. The number of hydrogen-bond acceptors (Lipinski definition) is 4. The van der Waals surface area contributed by atoms with Crippen LogP contribution in [0.25, 0.3) is 11.3 Å². The Labute approximate surface area is 118 Å². The van der Waals surface area contributed by atoms with Crippen LogP contribution in [0.5, 0.6) is 0 Å². The molecule has 0 unspecified atom stereocenters. The van der Waals surface area contributed by atoms with Gasteiger partial charge in [-0.25, -0.2) is 4.98 Å². The van der Waals surface area contributed by atoms with Crippen molar-refractivity contribution in [3.05, 3.63) is 25.1 Å². The summed E-state index contributed by atoms with van der Waals surface area (Å²) in [4.78, 5) is 4.55. The molecule has 0 radical (unpaired) electrons. The van der Waals surface area contributed by atoms with Crippen molar-refractivity contribution in [2.75, 3.05) is 13.7 Å². The summed E-state index contributed by atoms with van der Waals surface area (Å²) in [5.41, 5.74) is 1.84. The zero-order valence-electron chi connectivity index (χ0n) is 9.20. The van der Waals surface area contributed by atoms with Gasteiger partial charge >= 0.3 is 0 Å². The van der Waals surface area contributed by atoms with E-state index in [0.717, 1.165) is 35.7 Å². The lowest BCUT2D eigenvalue weighted by Crippen LogP contribution is -1.91. The average Bonchev–Trinajstić information content (AvgIpc) is 2.86. The molecule has 0 aliphatic rings. The molecule has 2 aromatic rings. The summed E-state index contributed by atoms with van der Waals surface area (Å²) >= 11 is 15.0. The molecule has 0 aliphatic heterocycles. The van der Waals surface area contributed by atoms with Gasteiger partial charge in [-0.3, -0.25) is 0 Å². The molecule has 2 aromatic heterocycles. The summed E-state index contributed by atoms with van der Waals surface area (Å²) in [6.07, 6.45) is 1.93. The van der Waals surface area contributed by atoms with Crippen molar-refractivity contribution in [2.24, 2.45) is 0 Å². The number of aryl methyl sites for hydroxylation is 1. The lowest BCUT2D eigenvalue weighted by atomic mass is 10.3. The fourth-order valence-corrected chi connectivity index (χ4v) is 3.75. The van der Waals surface area contributed by atoms with Crippen molar-refractivity contribution >= 4 is 45.9 Å². The second-order valence-electron chi connectivity index (χ2n) is 3.46. The molecular weight excluding hydrogens is 297 g/mol. The van der Waals surface area contributed by atoms with Gasteiger partial charge in [-0.2, -0.15) is 0 Å². The van der Waals surface area contributed by atoms with Gasteiger partial charge in [-0.05, 0) is 12.5 Å². The molecule has 0 spiro atoms. The van der Waals surface area contributed by atoms with Gasteiger partial charge in [-0.1, -0.05) is 23.2 Å². The Morgan fingerprint density at radius 3 is 2.88 bits per heavy atom. The summed E-state index contributed by atoms with van der Waals surface area (Å²) in [6, 6.07) is 1.86. The fraction of sp³-hybridized carbons (Fsp3) is 0.364. The summed E-state index contributed by atoms with van der Waals surface area (Å²) in [6.45, 7) is 0.764. The first-order chi connectivity index (χ1) is 8.20. The smallest absolute Gasteiger partial charge is 0.104 e. The largest absolute Gasteiger partial charge is 0.385 e. The van der Waals surface area contributed by atoms with Gasteiger partial charge in [0.05, 0.1) is 15.0 Å². The van der Waals surface area contributed by atoms with E-state index in [-0.39, 0.29) is 0 Å². The number of methoxy groups -OCH3 is 1. The van der Waals surface area contributed by atoms with Crippen LogP contribution in [0.1, 0.15) is 11.4 Å². The topological polar surface area (TPSA) is 22.1 Å². The zero-order chi connectivity index (χ0) is 12.3. The fourth-order valence-electron chi connectivity index (χ4n) is 1.43. The Balaban J connectivity index is 2.10. The summed E-state index contributed by atoms with van der Waals surface area (Å²) in [5, 5.41) is 3.13. The number of ether oxygens (including phenoxy) is 1. The first-order valence-electron chi connectivity index (χ1n) is 5.09. The number of nitrogens with zero attached hydrogens (tertiary/aromatic N) is 1. The lowest BCUT2D eigenvalue weighted by Gasteiger charge is -1.95. The minimum Gasteiger partial charge on any atom is -0.385 e. The van der Waals surface area contributed by atoms with Crippen molar-refractivity contribution < 1.29 is 4.74 Å². The highest BCUT2D eigenvalue weighted by Crippen LogP contribution is 2.38. The molecule has 2 nitrogen and oxygen atoms in total. The van der Waals surface area contributed by atoms with E-state index in [9.17, 15) is 0 Å². The zero-order valence-corrected chi connectivity index (χ0v) is 12.3. The van der Waals surface area contributed by atoms with E-state index in [4.69, 9.17) is 27.9 Å². The maximum atomic E-state index is 6.09. The Morgan fingerprint density at radius 1 is 1.41 bits per heavy atom. The molecule has 0 fully saturated rings. The number of hydrogen-bond donors (Lipinski definition) is 0. The second-order valence-corrected chi connectivity index (χ2v) is 6.69. The van der Waals surface area contributed by atoms with Crippen LogP contribution in [0, 0.1) is 0 Å². The molecule has 0 saturated carbocycles. The predicted molar refractivity (Wildman–Crippen MR) is 75.6 cm³/mol. The average molecular weight is 308 g/mol. The van der Waals surface area contributed by atoms with Gasteiger partial charge in [0.1, 0.15) is 4.34 Å². The first kappa shape index (κ1) is 13.3. The molecule has 17 heavy (non-hydrogen) atoms. The van der Waals surface area contributed by atoms with Gasteiger partial charge < -0.3 is 4.74 Å². The highest BCUT2D eigenvalue weighted by Gasteiger charge is 2.11. The molecule has 0 aliphatic carbocycles. The van der Waals surface area contributed by atoms with E-state index in [0.29, 0.717) is 8.67 Å². The monoisotopic (exact) mass is 307 g/mol. The highest BCUT2D eigenvalue weighted by molar-refractivity contribution is 7.20. The molecule has 0 saturated heterocycles. The van der Waals surface area contributed by atoms with Crippen molar-refractivity contribution in [3.8, 4) is 11.3 Å². The molecule has 0 atom stereocenters. The van der Waals surface area contributed by atoms with Crippen LogP contribution in [0.3, 0.4) is 0 Å². The molecule has 0 amide bonds. The van der Waals surface area contributed by atoms with E-state index in [2.05, 4.69) is 4.98 Å². The van der Waals surface area contributed by atoms with E-state index < -0.39 is 0 Å². The van der Waals surface area contributed by atoms with Crippen LogP contribution in [0.15, 0.2) is 11.4 Å². The Morgan fingerprint density at radius 2 is 2.24 bits per heavy atom. The summed E-state index contributed by atoms with van der Waals surface area (Å²) in [7, 11) is 1.71. The number of aromatic nitrogens is 1. The minimum atomic E-state index is 0.693. The Hall–Kier alpha value is -0.130. The Kier molecular flexibility index (Phi) is 4.82. The summed E-state index contributed by atoms with van der Waals surface area (Å²) < 4.78 is 6.41. The molecule has 2 heterocycles. The van der Waals surface area contributed by atoms with E-state index in [1.807, 2.05) is 11.4 Å². The molecule has 0 aromatic carbocycles. The molecule has 6 heteroatoms. The SMILES string of the molecule is COCCCc1nc(-c2cc(Cl)sc2Cl)cs1. The first-order valence-corrected chi connectivity index (χ1v) is 7.54. The third-order valence-corrected chi connectivity index (χ3v) is 4.62. The number of rotatable bonds is 5. The van der Waals surface area contributed by atoms with Crippen molar-refractivity contribution in [1.82, 2.24) is 4.98 Å². The Bertz CT molecular complexity index is 495. The number of thiazole rings is 1. The van der Waals surface area contributed by atoms with Crippen LogP contribution < -0.4 is 0 Å². The maximum Gasteiger partial charge on any atom is 0.104 e. The van der Waals surface area contributed by atoms with Crippen molar-refractivity contribution in [1.29, 1.82) is 0 Å². The van der Waals surface area contributed by atoms with E-state index >= 15 is 0 Å². The minimum absolute atomic E-state index is 0.693. The van der Waals surface area contributed by atoms with Crippen LogP contribution in [0.2, 0.25) is 8.67 Å². The molecule has 0 bridgehead atoms. The standard InChI is InChI=1S/C11H11Cl2NOS2/c1-15-4-2-3-10-14-8(6-16-10)7-5-9(12)17-11(7)13/h5-6H,2-4H2,1H3. The third kappa shape index (κ3) is 3.42. The molecule has 0 N–H and O–H groups in total. The van der Waals surface area contributed by atoms with Crippen LogP contribution >= 0.6 is 45.9 Å². The number of thiophene rings is 1. The molecule has 2 rings (SSSR count). The second kappa shape index (κ2) is 6.16. The lowest BCUT2D eigenvalue weighted by molar-refractivity contribution is 0.195. The van der Waals surface area contributed by atoms with E-state index in [1.165, 1.54) is 11.3 Å². The van der Waals surface area contributed by atoms with Crippen LogP contribution in [-0.4, -0.2) is 18.7 Å². The quantitative estimate of drug-likeness (QED) is 0.743. The van der Waals surface area contributed by atoms with Crippen LogP contribution in [0.4, 0.5) is 0 Å². The van der Waals surface area contributed by atoms with Gasteiger partial charge in [0.2, 0.25) is 0 Å². The molecule has 92 valence electrons. The van der Waals surface area contributed by atoms with Crippen molar-refractivity contribution in [2.45, 2.75) is 12.8 Å². The van der Waals surface area contributed by atoms with Gasteiger partial charge in [0, 0.05) is 31.1 Å². The van der Waals surface area contributed by atoms with Crippen molar-refractivity contribution in [3.63, 3.8) is 0 Å². The van der Waals surface area contributed by atoms with E-state index in [1.54, 1.807) is 18.4 Å².